The predicted octanol–water partition coefficient (Wildman–Crippen LogP) is 4.32. The number of nitrogens with one attached hydrogen (secondary N) is 2. The quantitative estimate of drug-likeness (QED) is 0.357. The van der Waals surface area contributed by atoms with Crippen LogP contribution in [0.3, 0.4) is 0 Å². The molecule has 0 fully saturated rings. The first-order valence-electron chi connectivity index (χ1n) is 10.9. The summed E-state index contributed by atoms with van der Waals surface area (Å²) in [7, 11) is 1.12. The summed E-state index contributed by atoms with van der Waals surface area (Å²) in [6, 6.07) is 5.89. The van der Waals surface area contributed by atoms with E-state index in [0.29, 0.717) is 17.4 Å². The molecular formula is C22H21F4N7O3S. The number of benzene rings is 1. The van der Waals surface area contributed by atoms with Crippen molar-refractivity contribution in [2.24, 2.45) is 0 Å². The Morgan fingerprint density at radius 3 is 2.59 bits per heavy atom. The van der Waals surface area contributed by atoms with E-state index in [2.05, 4.69) is 41.8 Å². The van der Waals surface area contributed by atoms with Crippen LogP contribution in [-0.4, -0.2) is 45.8 Å². The number of halogens is 4. The van der Waals surface area contributed by atoms with E-state index in [0.717, 1.165) is 60.8 Å². The van der Waals surface area contributed by atoms with Gasteiger partial charge in [-0.25, -0.2) is 4.39 Å². The number of nitrogen functional groups attached to an aromatic ring is 1. The molecule has 1 aromatic carbocycles. The molecule has 1 amide bonds. The lowest BCUT2D eigenvalue weighted by Crippen LogP contribution is -2.24. The largest absolute Gasteiger partial charge is 0.573 e. The van der Waals surface area contributed by atoms with E-state index in [1.165, 1.54) is 0 Å². The number of hydrogen-bond donors (Lipinski definition) is 3. The van der Waals surface area contributed by atoms with Gasteiger partial charge in [0, 0.05) is 18.7 Å². The summed E-state index contributed by atoms with van der Waals surface area (Å²) >= 11 is 1.05. The average molecular weight is 540 g/mol. The Morgan fingerprint density at radius 1 is 1.16 bits per heavy atom. The molecule has 1 aliphatic carbocycles. The van der Waals surface area contributed by atoms with E-state index < -0.39 is 35.5 Å². The molecule has 37 heavy (non-hydrogen) atoms. The third-order valence-corrected chi connectivity index (χ3v) is 6.14. The third kappa shape index (κ3) is 6.89. The van der Waals surface area contributed by atoms with Crippen LogP contribution in [0, 0.1) is 5.82 Å². The van der Waals surface area contributed by atoms with Gasteiger partial charge in [0.15, 0.2) is 6.10 Å². The molecule has 2 atom stereocenters. The van der Waals surface area contributed by atoms with Crippen LogP contribution in [-0.2, 0) is 9.53 Å². The summed E-state index contributed by atoms with van der Waals surface area (Å²) in [6.45, 7) is 0. The molecule has 4 N–H and O–H groups in total. The second-order valence-electron chi connectivity index (χ2n) is 7.94. The molecule has 196 valence electrons. The molecular weight excluding hydrogens is 518 g/mol. The minimum atomic E-state index is -4.98. The molecule has 0 saturated heterocycles. The normalized spacial score (nSPS) is 16.6. The van der Waals surface area contributed by atoms with Gasteiger partial charge in [-0.3, -0.25) is 10.1 Å². The minimum absolute atomic E-state index is 0.0687. The lowest BCUT2D eigenvalue weighted by Gasteiger charge is -2.22. The smallest absolute Gasteiger partial charge is 0.406 e. The van der Waals surface area contributed by atoms with Gasteiger partial charge in [0.1, 0.15) is 17.4 Å². The van der Waals surface area contributed by atoms with Crippen LogP contribution in [0.15, 0.2) is 36.4 Å². The average Bonchev–Trinajstić information content (AvgIpc) is 3.28. The van der Waals surface area contributed by atoms with E-state index in [1.54, 1.807) is 6.07 Å². The number of rotatable bonds is 8. The van der Waals surface area contributed by atoms with Gasteiger partial charge in [0.2, 0.25) is 10.3 Å². The molecule has 0 spiro atoms. The zero-order chi connectivity index (χ0) is 26.6. The molecule has 1 aliphatic rings. The second kappa shape index (κ2) is 11.0. The Labute approximate surface area is 211 Å². The molecule has 10 nitrogen and oxygen atoms in total. The van der Waals surface area contributed by atoms with Crippen molar-refractivity contribution in [1.29, 1.82) is 0 Å². The first-order valence-corrected chi connectivity index (χ1v) is 11.7. The fourth-order valence-electron chi connectivity index (χ4n) is 3.68. The minimum Gasteiger partial charge on any atom is -0.406 e. The van der Waals surface area contributed by atoms with Gasteiger partial charge >= 0.3 is 6.36 Å². The second-order valence-corrected chi connectivity index (χ2v) is 8.91. The van der Waals surface area contributed by atoms with Crippen molar-refractivity contribution in [1.82, 2.24) is 20.4 Å². The van der Waals surface area contributed by atoms with Gasteiger partial charge in [-0.1, -0.05) is 17.4 Å². The number of carbonyl (C=O) groups excluding carboxylic acids is 1. The topological polar surface area (TPSA) is 137 Å². The number of ether oxygens (including phenoxy) is 2. The van der Waals surface area contributed by atoms with Gasteiger partial charge in [0.05, 0.1) is 5.69 Å². The molecule has 2 heterocycles. The van der Waals surface area contributed by atoms with Gasteiger partial charge in [0.25, 0.3) is 5.91 Å². The Balaban J connectivity index is 1.37. The molecule has 3 aromatic rings. The highest BCUT2D eigenvalue weighted by Crippen LogP contribution is 2.31. The molecule has 4 rings (SSSR count). The molecule has 15 heteroatoms. The number of methoxy groups -OCH3 is 1. The standard InChI is InChI=1S/C22H21F4N7O3S/c1-35-18(14-10-13(6-7-15(14)23)36-22(24,25)26)19(34)29-21-33-32-20(37-21)28-12-4-2-11(3-5-12)16-8-9-17(27)31-30-16/h2,6-10,12,18H,3-5H2,1H3,(H2,27,31)(H,28,32)(H,29,33,34)/t12-,18+/m0/s1. The monoisotopic (exact) mass is 539 g/mol. The number of allylic oxidation sites excluding steroid dienone is 1. The Morgan fingerprint density at radius 2 is 1.95 bits per heavy atom. The number of carbonyl (C=O) groups is 1. The number of nitrogens with zero attached hydrogens (tertiary/aromatic N) is 4. The van der Waals surface area contributed by atoms with Crippen molar-refractivity contribution in [2.75, 3.05) is 23.5 Å². The summed E-state index contributed by atoms with van der Waals surface area (Å²) in [5.74, 6) is -2.12. The number of nitrogens with two attached hydrogens (primary N) is 1. The van der Waals surface area contributed by atoms with Gasteiger partial charge < -0.3 is 20.5 Å². The van der Waals surface area contributed by atoms with Crippen molar-refractivity contribution in [3.8, 4) is 5.75 Å². The van der Waals surface area contributed by atoms with Crippen LogP contribution in [0.2, 0.25) is 0 Å². The highest BCUT2D eigenvalue weighted by atomic mass is 32.1. The maximum absolute atomic E-state index is 14.3. The van der Waals surface area contributed by atoms with E-state index in [9.17, 15) is 22.4 Å². The first kappa shape index (κ1) is 26.2. The molecule has 0 aliphatic heterocycles. The number of anilines is 3. The highest BCUT2D eigenvalue weighted by Gasteiger charge is 2.32. The summed E-state index contributed by atoms with van der Waals surface area (Å²) in [5.41, 5.74) is 6.98. The van der Waals surface area contributed by atoms with E-state index >= 15 is 0 Å². The summed E-state index contributed by atoms with van der Waals surface area (Å²) in [6.07, 6.45) is -2.23. The zero-order valence-electron chi connectivity index (χ0n) is 19.3. The number of hydrogen-bond acceptors (Lipinski definition) is 10. The van der Waals surface area contributed by atoms with Crippen molar-refractivity contribution < 1.29 is 31.8 Å². The Kier molecular flexibility index (Phi) is 7.83. The molecule has 0 bridgehead atoms. The van der Waals surface area contributed by atoms with Crippen molar-refractivity contribution >= 4 is 38.9 Å². The summed E-state index contributed by atoms with van der Waals surface area (Å²) < 4.78 is 60.7. The van der Waals surface area contributed by atoms with Crippen LogP contribution in [0.1, 0.15) is 36.6 Å². The Hall–Kier alpha value is -3.85. The van der Waals surface area contributed by atoms with E-state index in [-0.39, 0.29) is 11.2 Å². The Bertz CT molecular complexity index is 1280. The van der Waals surface area contributed by atoms with Crippen LogP contribution >= 0.6 is 11.3 Å². The maximum atomic E-state index is 14.3. The lowest BCUT2D eigenvalue weighted by molar-refractivity contribution is -0.274. The SMILES string of the molecule is CO[C@@H](C(=O)Nc1nnc(N[C@H]2CC=C(c3ccc(N)nn3)CC2)s1)c1cc(OC(F)(F)F)ccc1F. The molecule has 0 saturated carbocycles. The molecule has 0 unspecified atom stereocenters. The highest BCUT2D eigenvalue weighted by molar-refractivity contribution is 7.19. The fraction of sp³-hybridized carbons (Fsp3) is 0.318. The summed E-state index contributed by atoms with van der Waals surface area (Å²) in [4.78, 5) is 12.7. The fourth-order valence-corrected chi connectivity index (χ4v) is 4.41. The molecule has 2 aromatic heterocycles. The number of aromatic nitrogens is 4. The number of alkyl halides is 3. The van der Waals surface area contributed by atoms with Crippen LogP contribution in [0.5, 0.6) is 5.75 Å². The zero-order valence-corrected chi connectivity index (χ0v) is 20.1. The molecule has 0 radical (unpaired) electrons. The third-order valence-electron chi connectivity index (χ3n) is 5.37. The number of amides is 1. The van der Waals surface area contributed by atoms with E-state index in [1.807, 2.05) is 6.07 Å². The van der Waals surface area contributed by atoms with Crippen LogP contribution in [0.4, 0.5) is 33.6 Å². The van der Waals surface area contributed by atoms with Crippen molar-refractivity contribution in [2.45, 2.75) is 37.8 Å². The first-order chi connectivity index (χ1) is 17.6. The van der Waals surface area contributed by atoms with Crippen molar-refractivity contribution in [3.63, 3.8) is 0 Å². The van der Waals surface area contributed by atoms with Crippen LogP contribution in [0.25, 0.3) is 5.57 Å². The van der Waals surface area contributed by atoms with Gasteiger partial charge in [-0.15, -0.1) is 33.6 Å². The maximum Gasteiger partial charge on any atom is 0.573 e. The van der Waals surface area contributed by atoms with Gasteiger partial charge in [-0.2, -0.15) is 0 Å². The summed E-state index contributed by atoms with van der Waals surface area (Å²) in [5, 5.41) is 22.1. The van der Waals surface area contributed by atoms with E-state index in [4.69, 9.17) is 10.5 Å². The van der Waals surface area contributed by atoms with Gasteiger partial charge in [-0.05, 0) is 55.2 Å². The van der Waals surface area contributed by atoms with Crippen LogP contribution < -0.4 is 21.1 Å². The lowest BCUT2D eigenvalue weighted by atomic mass is 9.93. The van der Waals surface area contributed by atoms with Crippen molar-refractivity contribution in [3.05, 3.63) is 53.5 Å². The predicted molar refractivity (Wildman–Crippen MR) is 127 cm³/mol.